The van der Waals surface area contributed by atoms with Crippen LogP contribution in [-0.2, 0) is 9.47 Å². The van der Waals surface area contributed by atoms with E-state index in [0.717, 1.165) is 0 Å². The number of nitrogens with one attached hydrogen (secondary N) is 1. The number of esters is 2. The van der Waals surface area contributed by atoms with Crippen molar-refractivity contribution >= 4 is 29.2 Å². The smallest absolute Gasteiger partial charge is 0.337 e. The van der Waals surface area contributed by atoms with Gasteiger partial charge in [-0.2, -0.15) is 0 Å². The minimum atomic E-state index is -0.692. The Bertz CT molecular complexity index is 903. The molecule has 1 amide bonds. The van der Waals surface area contributed by atoms with Gasteiger partial charge in [0.2, 0.25) is 0 Å². The Labute approximate surface area is 154 Å². The van der Waals surface area contributed by atoms with Crippen LogP contribution in [0.3, 0.4) is 0 Å². The van der Waals surface area contributed by atoms with Gasteiger partial charge in [0, 0.05) is 22.9 Å². The summed E-state index contributed by atoms with van der Waals surface area (Å²) in [7, 11) is 2.37. The SMILES string of the molecule is COC(=O)c1cc(NC(=O)c2ccc([N+](=O)[O-])c(C)c2)cc(C(=O)OC)c1. The number of carbonyl (C=O) groups is 3. The highest BCUT2D eigenvalue weighted by Crippen LogP contribution is 2.21. The van der Waals surface area contributed by atoms with Gasteiger partial charge in [0.15, 0.2) is 0 Å². The first kappa shape index (κ1) is 19.6. The van der Waals surface area contributed by atoms with Crippen LogP contribution in [0.15, 0.2) is 36.4 Å². The molecule has 0 aliphatic rings. The standard InChI is InChI=1S/C18H16N2O7/c1-10-6-11(4-5-15(10)20(24)25)16(21)19-14-8-12(17(22)26-2)7-13(9-14)18(23)27-3/h4-9H,1-3H3,(H,19,21). The first-order valence-corrected chi connectivity index (χ1v) is 7.65. The molecule has 0 heterocycles. The number of rotatable bonds is 5. The number of nitrogens with zero attached hydrogens (tertiary/aromatic N) is 1. The molecule has 140 valence electrons. The molecule has 0 aliphatic heterocycles. The van der Waals surface area contributed by atoms with Crippen LogP contribution in [0.5, 0.6) is 0 Å². The molecule has 0 saturated carbocycles. The molecule has 1 N–H and O–H groups in total. The number of anilines is 1. The van der Waals surface area contributed by atoms with Gasteiger partial charge in [0.1, 0.15) is 0 Å². The van der Waals surface area contributed by atoms with E-state index in [1.54, 1.807) is 0 Å². The van der Waals surface area contributed by atoms with Crippen LogP contribution < -0.4 is 5.32 Å². The van der Waals surface area contributed by atoms with Gasteiger partial charge >= 0.3 is 11.9 Å². The Kier molecular flexibility index (Phi) is 5.86. The van der Waals surface area contributed by atoms with E-state index in [-0.39, 0.29) is 28.1 Å². The van der Waals surface area contributed by atoms with E-state index in [4.69, 9.17) is 0 Å². The van der Waals surface area contributed by atoms with Crippen molar-refractivity contribution in [2.75, 3.05) is 19.5 Å². The number of methoxy groups -OCH3 is 2. The number of aryl methyl sites for hydroxylation is 1. The Balaban J connectivity index is 2.36. The fourth-order valence-corrected chi connectivity index (χ4v) is 2.38. The van der Waals surface area contributed by atoms with Crippen LogP contribution >= 0.6 is 0 Å². The van der Waals surface area contributed by atoms with E-state index in [0.29, 0.717) is 5.56 Å². The Hall–Kier alpha value is -3.75. The van der Waals surface area contributed by atoms with Crippen molar-refractivity contribution in [1.29, 1.82) is 0 Å². The predicted octanol–water partition coefficient (Wildman–Crippen LogP) is 2.73. The zero-order chi connectivity index (χ0) is 20.1. The molecule has 0 spiro atoms. The van der Waals surface area contributed by atoms with Crippen LogP contribution in [0.2, 0.25) is 0 Å². The summed E-state index contributed by atoms with van der Waals surface area (Å²) in [5, 5.41) is 13.4. The van der Waals surface area contributed by atoms with Gasteiger partial charge in [-0.15, -0.1) is 0 Å². The third-order valence-corrected chi connectivity index (χ3v) is 3.69. The van der Waals surface area contributed by atoms with Crippen LogP contribution in [0.1, 0.15) is 36.6 Å². The zero-order valence-electron chi connectivity index (χ0n) is 14.8. The number of ether oxygens (including phenoxy) is 2. The van der Waals surface area contributed by atoms with Crippen molar-refractivity contribution < 1.29 is 28.8 Å². The van der Waals surface area contributed by atoms with Crippen molar-refractivity contribution in [3.8, 4) is 0 Å². The molecule has 0 radical (unpaired) electrons. The third-order valence-electron chi connectivity index (χ3n) is 3.69. The summed E-state index contributed by atoms with van der Waals surface area (Å²) in [6, 6.07) is 7.88. The minimum Gasteiger partial charge on any atom is -0.465 e. The maximum absolute atomic E-state index is 12.4. The highest BCUT2D eigenvalue weighted by atomic mass is 16.6. The first-order chi connectivity index (χ1) is 12.8. The quantitative estimate of drug-likeness (QED) is 0.486. The van der Waals surface area contributed by atoms with Crippen LogP contribution in [-0.4, -0.2) is 37.0 Å². The average molecular weight is 372 g/mol. The van der Waals surface area contributed by atoms with E-state index in [1.165, 1.54) is 57.5 Å². The molecule has 0 atom stereocenters. The highest BCUT2D eigenvalue weighted by molar-refractivity contribution is 6.06. The zero-order valence-corrected chi connectivity index (χ0v) is 14.8. The molecule has 0 unspecified atom stereocenters. The van der Waals surface area contributed by atoms with E-state index < -0.39 is 22.8 Å². The second kappa shape index (κ2) is 8.09. The molecule has 0 aromatic heterocycles. The topological polar surface area (TPSA) is 125 Å². The summed E-state index contributed by atoms with van der Waals surface area (Å²) in [4.78, 5) is 46.3. The second-order valence-electron chi connectivity index (χ2n) is 5.49. The van der Waals surface area contributed by atoms with E-state index >= 15 is 0 Å². The number of hydrogen-bond acceptors (Lipinski definition) is 7. The van der Waals surface area contributed by atoms with E-state index in [1.807, 2.05) is 0 Å². The Morgan fingerprint density at radius 1 is 0.926 bits per heavy atom. The molecular formula is C18H16N2O7. The maximum Gasteiger partial charge on any atom is 0.337 e. The number of hydrogen-bond donors (Lipinski definition) is 1. The third kappa shape index (κ3) is 4.46. The second-order valence-corrected chi connectivity index (χ2v) is 5.49. The van der Waals surface area contributed by atoms with Gasteiger partial charge in [-0.05, 0) is 37.3 Å². The summed E-state index contributed by atoms with van der Waals surface area (Å²) in [5.41, 5.74) is 0.671. The van der Waals surface area contributed by atoms with Crippen molar-refractivity contribution in [3.05, 3.63) is 68.8 Å². The van der Waals surface area contributed by atoms with Crippen molar-refractivity contribution in [2.45, 2.75) is 6.92 Å². The van der Waals surface area contributed by atoms with Crippen LogP contribution in [0.25, 0.3) is 0 Å². The molecule has 2 rings (SSSR count). The molecular weight excluding hydrogens is 356 g/mol. The normalized spacial score (nSPS) is 10.0. The van der Waals surface area contributed by atoms with Crippen molar-refractivity contribution in [3.63, 3.8) is 0 Å². The summed E-state index contributed by atoms with van der Waals surface area (Å²) in [6.07, 6.45) is 0. The Morgan fingerprint density at radius 2 is 1.48 bits per heavy atom. The van der Waals surface area contributed by atoms with E-state index in [2.05, 4.69) is 14.8 Å². The van der Waals surface area contributed by atoms with Crippen molar-refractivity contribution in [1.82, 2.24) is 0 Å². The fraction of sp³-hybridized carbons (Fsp3) is 0.167. The molecule has 0 bridgehead atoms. The lowest BCUT2D eigenvalue weighted by Gasteiger charge is -2.10. The van der Waals surface area contributed by atoms with Crippen LogP contribution in [0, 0.1) is 17.0 Å². The van der Waals surface area contributed by atoms with Crippen LogP contribution in [0.4, 0.5) is 11.4 Å². The lowest BCUT2D eigenvalue weighted by Crippen LogP contribution is -2.14. The lowest BCUT2D eigenvalue weighted by molar-refractivity contribution is -0.385. The van der Waals surface area contributed by atoms with E-state index in [9.17, 15) is 24.5 Å². The number of amides is 1. The summed E-state index contributed by atoms with van der Waals surface area (Å²) < 4.78 is 9.27. The minimum absolute atomic E-state index is 0.0515. The average Bonchev–Trinajstić information content (AvgIpc) is 2.65. The van der Waals surface area contributed by atoms with Gasteiger partial charge in [0.25, 0.3) is 11.6 Å². The monoisotopic (exact) mass is 372 g/mol. The summed E-state index contributed by atoms with van der Waals surface area (Å²) in [5.74, 6) is -1.95. The molecule has 9 nitrogen and oxygen atoms in total. The number of carbonyl (C=O) groups excluding carboxylic acids is 3. The summed E-state index contributed by atoms with van der Waals surface area (Å²) in [6.45, 7) is 1.52. The molecule has 2 aromatic carbocycles. The molecule has 2 aromatic rings. The molecule has 27 heavy (non-hydrogen) atoms. The summed E-state index contributed by atoms with van der Waals surface area (Å²) >= 11 is 0. The van der Waals surface area contributed by atoms with Gasteiger partial charge in [-0.3, -0.25) is 14.9 Å². The van der Waals surface area contributed by atoms with Crippen molar-refractivity contribution in [2.24, 2.45) is 0 Å². The first-order valence-electron chi connectivity index (χ1n) is 7.65. The lowest BCUT2D eigenvalue weighted by atomic mass is 10.1. The highest BCUT2D eigenvalue weighted by Gasteiger charge is 2.17. The molecule has 0 aliphatic carbocycles. The molecule has 0 saturated heterocycles. The van der Waals surface area contributed by atoms with Gasteiger partial charge in [-0.25, -0.2) is 9.59 Å². The van der Waals surface area contributed by atoms with Gasteiger partial charge < -0.3 is 14.8 Å². The predicted molar refractivity (Wildman–Crippen MR) is 94.9 cm³/mol. The fourth-order valence-electron chi connectivity index (χ4n) is 2.38. The molecule has 9 heteroatoms. The maximum atomic E-state index is 12.4. The molecule has 0 fully saturated rings. The largest absolute Gasteiger partial charge is 0.465 e. The number of nitro benzene ring substituents is 1. The number of nitro groups is 1. The van der Waals surface area contributed by atoms with Gasteiger partial charge in [-0.1, -0.05) is 0 Å². The Morgan fingerprint density at radius 3 is 1.93 bits per heavy atom. The van der Waals surface area contributed by atoms with Gasteiger partial charge in [0.05, 0.1) is 30.3 Å². The number of benzene rings is 2.